The van der Waals surface area contributed by atoms with Crippen LogP contribution in [0.25, 0.3) is 0 Å². The Morgan fingerprint density at radius 1 is 1.30 bits per heavy atom. The Morgan fingerprint density at radius 2 is 1.75 bits per heavy atom. The van der Waals surface area contributed by atoms with E-state index in [9.17, 15) is 13.5 Å². The van der Waals surface area contributed by atoms with Crippen molar-refractivity contribution < 1.29 is 35.9 Å². The quantitative estimate of drug-likeness (QED) is 0.262. The fourth-order valence-corrected chi connectivity index (χ4v) is 3.92. The highest BCUT2D eigenvalue weighted by Crippen LogP contribution is 2.35. The second kappa shape index (κ2) is 8.46. The van der Waals surface area contributed by atoms with Gasteiger partial charge < -0.3 is 14.0 Å². The average Bonchev–Trinajstić information content (AvgIpc) is 2.79. The maximum absolute atomic E-state index is 11.4. The van der Waals surface area contributed by atoms with Crippen molar-refractivity contribution in [2.45, 2.75) is 3.52 Å². The van der Waals surface area contributed by atoms with E-state index >= 15 is 0 Å². The van der Waals surface area contributed by atoms with Gasteiger partial charge in [0.05, 0.1) is 14.2 Å². The van der Waals surface area contributed by atoms with Crippen LogP contribution in [0.2, 0.25) is 0 Å². The van der Waals surface area contributed by atoms with E-state index in [2.05, 4.69) is 9.47 Å². The van der Waals surface area contributed by atoms with Gasteiger partial charge in [-0.05, 0) is 6.26 Å². The summed E-state index contributed by atoms with van der Waals surface area (Å²) in [5.74, 6) is -1.01. The molecular weight excluding hydrogens is 355 g/mol. The molecule has 1 heterocycles. The molecule has 0 unspecified atom stereocenters. The minimum absolute atomic E-state index is 0.304. The van der Waals surface area contributed by atoms with Gasteiger partial charge in [-0.3, -0.25) is 0 Å². The van der Waals surface area contributed by atoms with Gasteiger partial charge in [0.15, 0.2) is 0 Å². The van der Waals surface area contributed by atoms with Gasteiger partial charge >= 0.3 is 15.5 Å². The molecule has 0 aliphatic heterocycles. The number of esters is 2. The summed E-state index contributed by atoms with van der Waals surface area (Å²) in [4.78, 5) is 23.3. The summed E-state index contributed by atoms with van der Waals surface area (Å²) < 4.78 is 45.4. The summed E-state index contributed by atoms with van der Waals surface area (Å²) in [5, 5.41) is 0. The second-order valence-corrected chi connectivity index (χ2v) is 7.11. The molecule has 0 amide bonds. The van der Waals surface area contributed by atoms with E-state index in [-0.39, 0.29) is 0 Å². The molecule has 12 heteroatoms. The van der Waals surface area contributed by atoms with Gasteiger partial charge in [-0.25, -0.2) is 18.0 Å². The molecule has 0 radical (unpaired) electrons. The zero-order valence-electron chi connectivity index (χ0n) is 10.4. The van der Waals surface area contributed by atoms with Gasteiger partial charge in [-0.15, -0.1) is 3.89 Å². The number of methoxy groups -OCH3 is 2. The van der Waals surface area contributed by atoms with E-state index in [0.717, 1.165) is 3.52 Å². The summed E-state index contributed by atoms with van der Waals surface area (Å²) in [6.45, 7) is 0. The zero-order chi connectivity index (χ0) is 15.9. The fourth-order valence-electron chi connectivity index (χ4n) is 0.818. The molecule has 0 aliphatic carbocycles. The highest BCUT2D eigenvalue weighted by Gasteiger charge is 2.34. The minimum atomic E-state index is -5.42. The number of thioether (sulfide) groups is 1. The molecule has 1 aromatic heterocycles. The first-order valence-electron chi connectivity index (χ1n) is 4.47. The molecule has 114 valence electrons. The van der Waals surface area contributed by atoms with Crippen LogP contribution in [0.3, 0.4) is 0 Å². The molecule has 20 heavy (non-hydrogen) atoms. The van der Waals surface area contributed by atoms with E-state index in [4.69, 9.17) is 13.0 Å². The lowest BCUT2D eigenvalue weighted by Gasteiger charge is -1.92. The number of ether oxygens (including phenoxy) is 2. The first-order chi connectivity index (χ1) is 9.13. The third-order valence-electron chi connectivity index (χ3n) is 1.49. The zero-order valence-corrected chi connectivity index (χ0v) is 13.6. The highest BCUT2D eigenvalue weighted by molar-refractivity contribution is 8.02. The maximum Gasteiger partial charge on any atom is 0.375 e. The van der Waals surface area contributed by atoms with E-state index in [1.54, 1.807) is 0 Å². The number of hydrogen-bond acceptors (Lipinski definition) is 9. The Labute approximate surface area is 126 Å². The standard InChI is InChI=1S/C8H9O4S3.FHO3S/c1-11-6(9)4-5(7(10)12-2)15-8(13-3)14-4;1-5(2,3)4/h1-3H3;(H,2,3,4)/q+1;/p-1. The molecule has 1 aromatic rings. The largest absolute Gasteiger partial charge is 0.722 e. The third kappa shape index (κ3) is 7.09. The van der Waals surface area contributed by atoms with Gasteiger partial charge in [0.25, 0.3) is 20.3 Å². The van der Waals surface area contributed by atoms with Gasteiger partial charge in [0.1, 0.15) is 22.7 Å². The van der Waals surface area contributed by atoms with Gasteiger partial charge in [-0.2, -0.15) is 0 Å². The Morgan fingerprint density at radius 3 is 2.10 bits per heavy atom. The van der Waals surface area contributed by atoms with Crippen molar-refractivity contribution in [2.75, 3.05) is 20.5 Å². The van der Waals surface area contributed by atoms with Crippen molar-refractivity contribution in [3.63, 3.8) is 0 Å². The molecule has 0 saturated heterocycles. The van der Waals surface area contributed by atoms with Gasteiger partial charge in [-0.1, -0.05) is 11.8 Å². The third-order valence-corrected chi connectivity index (χ3v) is 5.43. The number of halogens is 1. The fraction of sp³-hybridized carbons (Fsp3) is 0.375. The molecule has 7 nitrogen and oxygen atoms in total. The van der Waals surface area contributed by atoms with Crippen molar-refractivity contribution >= 4 is 56.9 Å². The Bertz CT molecular complexity index is 538. The van der Waals surface area contributed by atoms with Crippen LogP contribution in [0.1, 0.15) is 19.3 Å². The number of carbonyl (C=O) groups excluding carboxylic acids is 2. The summed E-state index contributed by atoms with van der Waals surface area (Å²) >= 11 is 3.97. The van der Waals surface area contributed by atoms with Crippen LogP contribution in [-0.2, 0) is 20.0 Å². The molecular formula is C8H9FO7S4. The van der Waals surface area contributed by atoms with E-state index in [1.807, 2.05) is 6.26 Å². The van der Waals surface area contributed by atoms with Crippen LogP contribution in [0.15, 0.2) is 3.52 Å². The van der Waals surface area contributed by atoms with Crippen molar-refractivity contribution in [1.82, 2.24) is 0 Å². The molecule has 0 aliphatic rings. The Balaban J connectivity index is 0.000000621. The van der Waals surface area contributed by atoms with Crippen LogP contribution >= 0.6 is 34.4 Å². The number of carbonyl (C=O) groups is 2. The van der Waals surface area contributed by atoms with Crippen LogP contribution < -0.4 is 0 Å². The average molecular weight is 364 g/mol. The van der Waals surface area contributed by atoms with Crippen LogP contribution in [0, 0.1) is 0 Å². The van der Waals surface area contributed by atoms with Crippen LogP contribution in [-0.4, -0.2) is 45.4 Å². The van der Waals surface area contributed by atoms with Crippen LogP contribution in [0.5, 0.6) is 0 Å². The monoisotopic (exact) mass is 364 g/mol. The summed E-state index contributed by atoms with van der Waals surface area (Å²) in [7, 11) is -2.85. The highest BCUT2D eigenvalue weighted by atomic mass is 32.3. The molecule has 0 N–H and O–H groups in total. The Kier molecular flexibility index (Phi) is 8.12. The molecule has 0 bridgehead atoms. The summed E-state index contributed by atoms with van der Waals surface area (Å²) in [5.41, 5.74) is 0. The van der Waals surface area contributed by atoms with Gasteiger partial charge in [0, 0.05) is 0 Å². The van der Waals surface area contributed by atoms with Crippen LogP contribution in [0.4, 0.5) is 3.89 Å². The van der Waals surface area contributed by atoms with Crippen molar-refractivity contribution in [2.24, 2.45) is 0 Å². The molecule has 0 fully saturated rings. The van der Waals surface area contributed by atoms with Gasteiger partial charge in [0.2, 0.25) is 0 Å². The molecule has 0 atom stereocenters. The Hall–Kier alpha value is -0.820. The lowest BCUT2D eigenvalue weighted by Crippen LogP contribution is -2.07. The van der Waals surface area contributed by atoms with E-state index in [0.29, 0.717) is 9.75 Å². The molecule has 1 rings (SSSR count). The van der Waals surface area contributed by atoms with Crippen molar-refractivity contribution in [3.05, 3.63) is 9.75 Å². The van der Waals surface area contributed by atoms with Crippen molar-refractivity contribution in [1.29, 1.82) is 0 Å². The lowest BCUT2D eigenvalue weighted by atomic mass is 10.4. The van der Waals surface area contributed by atoms with Crippen molar-refractivity contribution in [3.8, 4) is 0 Å². The van der Waals surface area contributed by atoms with E-state index in [1.165, 1.54) is 48.7 Å². The molecule has 0 saturated carbocycles. The topological polar surface area (TPSA) is 110 Å². The normalized spacial score (nSPS) is 10.2. The molecule has 0 spiro atoms. The number of hydrogen-bond donors (Lipinski definition) is 0. The maximum atomic E-state index is 11.4. The second-order valence-electron chi connectivity index (χ2n) is 2.69. The van der Waals surface area contributed by atoms with E-state index < -0.39 is 22.4 Å². The predicted octanol–water partition coefficient (Wildman–Crippen LogP) is 1.80. The smallest absolute Gasteiger partial charge is 0.375 e. The SMILES string of the molecule is COC(=O)c1sc(SC)[s+]c1C(=O)OC.O=S(=O)([O-])F. The predicted molar refractivity (Wildman–Crippen MR) is 71.9 cm³/mol. The summed E-state index contributed by atoms with van der Waals surface area (Å²) in [6.07, 6.45) is 1.88. The first kappa shape index (κ1) is 19.2. The first-order valence-corrected chi connectivity index (χ1v) is 8.63. The number of rotatable bonds is 3. The lowest BCUT2D eigenvalue weighted by molar-refractivity contribution is 0.0564. The molecule has 0 aromatic carbocycles. The summed E-state index contributed by atoms with van der Waals surface area (Å²) in [6, 6.07) is 0. The minimum Gasteiger partial charge on any atom is -0.722 e.